The third kappa shape index (κ3) is 3.70. The average molecular weight is 324 g/mol. The molecular weight excluding hydrogens is 304 g/mol. The van der Waals surface area contributed by atoms with E-state index < -0.39 is 0 Å². The quantitative estimate of drug-likeness (QED) is 0.421. The summed E-state index contributed by atoms with van der Waals surface area (Å²) in [6.45, 7) is 0.412. The van der Waals surface area contributed by atoms with Gasteiger partial charge in [0.1, 0.15) is 5.69 Å². The van der Waals surface area contributed by atoms with E-state index in [0.717, 1.165) is 30.7 Å². The highest BCUT2D eigenvalue weighted by Gasteiger charge is 2.42. The fourth-order valence-corrected chi connectivity index (χ4v) is 4.41. The SMILES string of the molecule is O=C(CCCC[C@@H]1SC[C@@H]2NC(=O)N[C@@H]21)NCc1cn[nH]n1. The molecule has 0 spiro atoms. The second kappa shape index (κ2) is 6.99. The second-order valence-corrected chi connectivity index (χ2v) is 6.88. The van der Waals surface area contributed by atoms with Crippen molar-refractivity contribution in [3.8, 4) is 0 Å². The minimum absolute atomic E-state index is 0.0378. The number of H-pyrrole nitrogens is 1. The molecule has 9 heteroatoms. The number of amides is 3. The predicted molar refractivity (Wildman–Crippen MR) is 82.2 cm³/mol. The maximum Gasteiger partial charge on any atom is 0.315 e. The number of nitrogens with one attached hydrogen (secondary N) is 4. The molecule has 3 rings (SSSR count). The molecule has 2 saturated heterocycles. The Kier molecular flexibility index (Phi) is 4.81. The van der Waals surface area contributed by atoms with Crippen LogP contribution in [0.5, 0.6) is 0 Å². The Morgan fingerprint density at radius 2 is 2.32 bits per heavy atom. The number of urea groups is 1. The number of carbonyl (C=O) groups is 2. The van der Waals surface area contributed by atoms with Gasteiger partial charge in [-0.15, -0.1) is 0 Å². The summed E-state index contributed by atoms with van der Waals surface area (Å²) in [5, 5.41) is 19.3. The number of hydrogen-bond acceptors (Lipinski definition) is 5. The summed E-state index contributed by atoms with van der Waals surface area (Å²) < 4.78 is 0. The van der Waals surface area contributed by atoms with Gasteiger partial charge in [0, 0.05) is 17.4 Å². The number of carbonyl (C=O) groups excluding carboxylic acids is 2. The van der Waals surface area contributed by atoms with E-state index in [2.05, 4.69) is 31.4 Å². The van der Waals surface area contributed by atoms with Crippen LogP contribution in [0.1, 0.15) is 31.4 Å². The molecule has 4 N–H and O–H groups in total. The highest BCUT2D eigenvalue weighted by molar-refractivity contribution is 8.00. The molecule has 0 unspecified atom stereocenters. The van der Waals surface area contributed by atoms with Gasteiger partial charge in [0.2, 0.25) is 5.91 Å². The number of nitrogens with zero attached hydrogens (tertiary/aromatic N) is 2. The van der Waals surface area contributed by atoms with Crippen molar-refractivity contribution in [2.24, 2.45) is 0 Å². The molecule has 2 fully saturated rings. The Morgan fingerprint density at radius 1 is 1.41 bits per heavy atom. The lowest BCUT2D eigenvalue weighted by Crippen LogP contribution is -2.36. The Hall–Kier alpha value is -1.77. The first-order valence-corrected chi connectivity index (χ1v) is 8.57. The Balaban J connectivity index is 1.29. The van der Waals surface area contributed by atoms with Crippen molar-refractivity contribution < 1.29 is 9.59 Å². The molecule has 1 aromatic heterocycles. The summed E-state index contributed by atoms with van der Waals surface area (Å²) >= 11 is 1.91. The van der Waals surface area contributed by atoms with Gasteiger partial charge >= 0.3 is 6.03 Å². The number of aromatic nitrogens is 3. The highest BCUT2D eigenvalue weighted by Crippen LogP contribution is 2.33. The van der Waals surface area contributed by atoms with Gasteiger partial charge in [0.05, 0.1) is 24.8 Å². The van der Waals surface area contributed by atoms with E-state index in [1.807, 2.05) is 11.8 Å². The molecule has 2 aliphatic heterocycles. The van der Waals surface area contributed by atoms with Crippen molar-refractivity contribution >= 4 is 23.7 Å². The van der Waals surface area contributed by atoms with Crippen LogP contribution in [0.2, 0.25) is 0 Å². The molecule has 22 heavy (non-hydrogen) atoms. The van der Waals surface area contributed by atoms with Crippen molar-refractivity contribution in [2.45, 2.75) is 49.6 Å². The van der Waals surface area contributed by atoms with Gasteiger partial charge in [-0.3, -0.25) is 4.79 Å². The summed E-state index contributed by atoms with van der Waals surface area (Å²) in [5.41, 5.74) is 0.728. The molecule has 0 radical (unpaired) electrons. The Labute approximate surface area is 132 Å². The van der Waals surface area contributed by atoms with Gasteiger partial charge in [-0.2, -0.15) is 27.2 Å². The van der Waals surface area contributed by atoms with Gasteiger partial charge in [-0.1, -0.05) is 6.42 Å². The molecule has 3 atom stereocenters. The first kappa shape index (κ1) is 15.1. The van der Waals surface area contributed by atoms with Gasteiger partial charge in [0.15, 0.2) is 0 Å². The molecule has 2 aliphatic rings. The zero-order chi connectivity index (χ0) is 15.4. The molecule has 8 nitrogen and oxygen atoms in total. The highest BCUT2D eigenvalue weighted by atomic mass is 32.2. The van der Waals surface area contributed by atoms with E-state index in [9.17, 15) is 9.59 Å². The van der Waals surface area contributed by atoms with Gasteiger partial charge < -0.3 is 16.0 Å². The molecule has 3 heterocycles. The van der Waals surface area contributed by atoms with Crippen LogP contribution in [0.3, 0.4) is 0 Å². The van der Waals surface area contributed by atoms with Crippen molar-refractivity contribution in [3.05, 3.63) is 11.9 Å². The fourth-order valence-electron chi connectivity index (χ4n) is 2.86. The number of rotatable bonds is 7. The average Bonchev–Trinajstić information content (AvgIpc) is 3.19. The van der Waals surface area contributed by atoms with Gasteiger partial charge in [0.25, 0.3) is 0 Å². The van der Waals surface area contributed by atoms with Crippen LogP contribution in [0.25, 0.3) is 0 Å². The van der Waals surface area contributed by atoms with Crippen LogP contribution in [0.4, 0.5) is 4.79 Å². The summed E-state index contributed by atoms with van der Waals surface area (Å²) in [6.07, 6.45) is 5.00. The van der Waals surface area contributed by atoms with Crippen molar-refractivity contribution in [1.82, 2.24) is 31.4 Å². The van der Waals surface area contributed by atoms with Crippen molar-refractivity contribution in [1.29, 1.82) is 0 Å². The smallest absolute Gasteiger partial charge is 0.315 e. The van der Waals surface area contributed by atoms with E-state index in [1.165, 1.54) is 0 Å². The summed E-state index contributed by atoms with van der Waals surface area (Å²) in [4.78, 5) is 23.0. The molecule has 1 aromatic rings. The van der Waals surface area contributed by atoms with E-state index in [1.54, 1.807) is 6.20 Å². The summed E-state index contributed by atoms with van der Waals surface area (Å²) in [5.74, 6) is 1.02. The Bertz CT molecular complexity index is 523. The maximum absolute atomic E-state index is 11.7. The normalized spacial score (nSPS) is 26.4. The number of fused-ring (bicyclic) bond motifs is 1. The lowest BCUT2D eigenvalue weighted by atomic mass is 10.0. The summed E-state index contributed by atoms with van der Waals surface area (Å²) in [6, 6.07) is 0.472. The molecule has 0 aliphatic carbocycles. The molecule has 120 valence electrons. The lowest BCUT2D eigenvalue weighted by Gasteiger charge is -2.16. The van der Waals surface area contributed by atoms with Crippen LogP contribution >= 0.6 is 11.8 Å². The maximum atomic E-state index is 11.7. The Morgan fingerprint density at radius 3 is 3.14 bits per heavy atom. The monoisotopic (exact) mass is 324 g/mol. The van der Waals surface area contributed by atoms with Crippen LogP contribution < -0.4 is 16.0 Å². The van der Waals surface area contributed by atoms with Crippen LogP contribution in [0.15, 0.2) is 6.20 Å². The minimum atomic E-state index is -0.0486. The van der Waals surface area contributed by atoms with Crippen LogP contribution in [-0.2, 0) is 11.3 Å². The number of hydrogen-bond donors (Lipinski definition) is 4. The minimum Gasteiger partial charge on any atom is -0.350 e. The van der Waals surface area contributed by atoms with Gasteiger partial charge in [-0.05, 0) is 12.8 Å². The molecule has 3 amide bonds. The zero-order valence-corrected chi connectivity index (χ0v) is 13.0. The van der Waals surface area contributed by atoms with Gasteiger partial charge in [-0.25, -0.2) is 4.79 Å². The van der Waals surface area contributed by atoms with E-state index in [0.29, 0.717) is 18.2 Å². The van der Waals surface area contributed by atoms with Crippen molar-refractivity contribution in [3.63, 3.8) is 0 Å². The van der Waals surface area contributed by atoms with E-state index in [4.69, 9.17) is 0 Å². The fraction of sp³-hybridized carbons (Fsp3) is 0.692. The third-order valence-corrected chi connectivity index (χ3v) is 5.52. The molecule has 0 saturated carbocycles. The zero-order valence-electron chi connectivity index (χ0n) is 12.2. The van der Waals surface area contributed by atoms with Crippen LogP contribution in [-0.4, -0.2) is 50.4 Å². The van der Waals surface area contributed by atoms with E-state index in [-0.39, 0.29) is 24.0 Å². The molecule has 0 bridgehead atoms. The van der Waals surface area contributed by atoms with E-state index >= 15 is 0 Å². The lowest BCUT2D eigenvalue weighted by molar-refractivity contribution is -0.121. The molecular formula is C13H20N6O2S. The first-order valence-electron chi connectivity index (χ1n) is 7.52. The molecule has 0 aromatic carbocycles. The number of thioether (sulfide) groups is 1. The first-order chi connectivity index (χ1) is 10.7. The van der Waals surface area contributed by atoms with Crippen LogP contribution in [0, 0.1) is 0 Å². The predicted octanol–water partition coefficient (Wildman–Crippen LogP) is 0.147. The summed E-state index contributed by atoms with van der Waals surface area (Å²) in [7, 11) is 0. The third-order valence-electron chi connectivity index (χ3n) is 4.01. The standard InChI is InChI=1S/C13H20N6O2S/c20-11(14-5-8-6-15-19-18-8)4-2-1-3-10-12-9(7-22-10)16-13(21)17-12/h6,9-10,12H,1-5,7H2,(H,14,20)(H,15,18,19)(H2,16,17,21)/t9-,10-,12-/m0/s1. The number of unbranched alkanes of at least 4 members (excludes halogenated alkanes) is 1. The second-order valence-electron chi connectivity index (χ2n) is 5.61. The van der Waals surface area contributed by atoms with Crippen molar-refractivity contribution in [2.75, 3.05) is 5.75 Å². The topological polar surface area (TPSA) is 112 Å². The largest absolute Gasteiger partial charge is 0.350 e. The number of aromatic amines is 1.